The van der Waals surface area contributed by atoms with Crippen LogP contribution in [0.4, 0.5) is 5.69 Å². The predicted molar refractivity (Wildman–Crippen MR) is 63.5 cm³/mol. The Labute approximate surface area is 91.1 Å². The van der Waals surface area contributed by atoms with Gasteiger partial charge in [0.1, 0.15) is 0 Å². The Kier molecular flexibility index (Phi) is 2.03. The van der Waals surface area contributed by atoms with Gasteiger partial charge in [0.25, 0.3) is 0 Å². The van der Waals surface area contributed by atoms with Gasteiger partial charge in [-0.25, -0.2) is 4.98 Å². The molecule has 2 heterocycles. The zero-order valence-corrected chi connectivity index (χ0v) is 8.84. The van der Waals surface area contributed by atoms with Crippen molar-refractivity contribution in [2.75, 3.05) is 18.4 Å². The van der Waals surface area contributed by atoms with Crippen molar-refractivity contribution in [3.63, 3.8) is 0 Å². The van der Waals surface area contributed by atoms with E-state index in [4.69, 9.17) is 0 Å². The van der Waals surface area contributed by atoms with Crippen LogP contribution in [0.15, 0.2) is 28.7 Å². The molecule has 0 amide bonds. The Morgan fingerprint density at radius 3 is 3.27 bits per heavy atom. The Bertz CT molecular complexity index is 517. The second kappa shape index (κ2) is 3.51. The summed E-state index contributed by atoms with van der Waals surface area (Å²) in [6.07, 6.45) is 0. The average molecular weight is 218 g/mol. The van der Waals surface area contributed by atoms with Crippen LogP contribution in [0.2, 0.25) is 0 Å². The number of anilines is 1. The molecule has 5 heteroatoms. The maximum atomic E-state index is 4.28. The third kappa shape index (κ3) is 1.66. The van der Waals surface area contributed by atoms with Gasteiger partial charge >= 0.3 is 0 Å². The molecule has 2 aromatic rings. The Morgan fingerprint density at radius 1 is 1.40 bits per heavy atom. The number of aromatic nitrogens is 1. The summed E-state index contributed by atoms with van der Waals surface area (Å²) in [6, 6.07) is 6.13. The van der Waals surface area contributed by atoms with E-state index in [1.807, 2.05) is 17.6 Å². The third-order valence-corrected chi connectivity index (χ3v) is 3.06. The largest absolute Gasteiger partial charge is 0.354 e. The van der Waals surface area contributed by atoms with Gasteiger partial charge in [0, 0.05) is 12.2 Å². The number of aliphatic imine (C=N–C) groups is 1. The van der Waals surface area contributed by atoms with Crippen molar-refractivity contribution in [3.05, 3.63) is 23.7 Å². The lowest BCUT2D eigenvalue weighted by Gasteiger charge is -2.05. The van der Waals surface area contributed by atoms with Gasteiger partial charge < -0.3 is 10.6 Å². The number of fused-ring (bicyclic) bond motifs is 1. The molecule has 0 saturated heterocycles. The molecule has 0 atom stereocenters. The molecule has 0 aliphatic carbocycles. The summed E-state index contributed by atoms with van der Waals surface area (Å²) in [5.41, 5.74) is 3.96. The highest BCUT2D eigenvalue weighted by Crippen LogP contribution is 2.21. The van der Waals surface area contributed by atoms with Gasteiger partial charge in [0.15, 0.2) is 5.96 Å². The molecule has 0 spiro atoms. The zero-order chi connectivity index (χ0) is 10.1. The second-order valence-electron chi connectivity index (χ2n) is 3.32. The van der Waals surface area contributed by atoms with Gasteiger partial charge in [-0.05, 0) is 18.2 Å². The molecule has 3 rings (SSSR count). The molecule has 0 saturated carbocycles. The van der Waals surface area contributed by atoms with Crippen LogP contribution in [0.1, 0.15) is 0 Å². The smallest absolute Gasteiger partial charge is 0.195 e. The van der Waals surface area contributed by atoms with Gasteiger partial charge in [-0.2, -0.15) is 0 Å². The van der Waals surface area contributed by atoms with Crippen molar-refractivity contribution in [2.24, 2.45) is 4.99 Å². The van der Waals surface area contributed by atoms with E-state index in [-0.39, 0.29) is 0 Å². The van der Waals surface area contributed by atoms with E-state index in [0.717, 1.165) is 30.3 Å². The summed E-state index contributed by atoms with van der Waals surface area (Å²) in [7, 11) is 0. The summed E-state index contributed by atoms with van der Waals surface area (Å²) < 4.78 is 1.19. The summed E-state index contributed by atoms with van der Waals surface area (Å²) in [4.78, 5) is 8.52. The summed E-state index contributed by atoms with van der Waals surface area (Å²) >= 11 is 1.65. The van der Waals surface area contributed by atoms with E-state index >= 15 is 0 Å². The molecule has 1 aliphatic rings. The number of nitrogens with one attached hydrogen (secondary N) is 2. The molecule has 2 N–H and O–H groups in total. The molecule has 1 aromatic carbocycles. The number of guanidine groups is 1. The minimum absolute atomic E-state index is 0.852. The number of nitrogens with zero attached hydrogens (tertiary/aromatic N) is 2. The highest BCUT2D eigenvalue weighted by atomic mass is 32.1. The first-order valence-corrected chi connectivity index (χ1v) is 5.68. The van der Waals surface area contributed by atoms with Gasteiger partial charge in [-0.15, -0.1) is 11.3 Å². The minimum Gasteiger partial charge on any atom is -0.354 e. The number of hydrogen-bond donors (Lipinski definition) is 2. The number of rotatable bonds is 1. The Balaban J connectivity index is 1.90. The molecular weight excluding hydrogens is 208 g/mol. The molecule has 0 unspecified atom stereocenters. The van der Waals surface area contributed by atoms with E-state index in [9.17, 15) is 0 Å². The molecule has 1 aliphatic heterocycles. The van der Waals surface area contributed by atoms with Crippen molar-refractivity contribution in [1.29, 1.82) is 0 Å². The summed E-state index contributed by atoms with van der Waals surface area (Å²) in [5, 5.41) is 6.41. The average Bonchev–Trinajstić information content (AvgIpc) is 2.87. The van der Waals surface area contributed by atoms with Gasteiger partial charge in [0.05, 0.1) is 22.3 Å². The van der Waals surface area contributed by atoms with E-state index < -0.39 is 0 Å². The highest BCUT2D eigenvalue weighted by molar-refractivity contribution is 7.16. The van der Waals surface area contributed by atoms with Gasteiger partial charge in [-0.1, -0.05) is 0 Å². The van der Waals surface area contributed by atoms with Crippen LogP contribution in [0.3, 0.4) is 0 Å². The van der Waals surface area contributed by atoms with Crippen LogP contribution < -0.4 is 10.6 Å². The first kappa shape index (κ1) is 8.67. The molecule has 0 radical (unpaired) electrons. The zero-order valence-electron chi connectivity index (χ0n) is 8.03. The van der Waals surface area contributed by atoms with E-state index in [1.165, 1.54) is 4.70 Å². The lowest BCUT2D eigenvalue weighted by Crippen LogP contribution is -2.26. The molecule has 15 heavy (non-hydrogen) atoms. The topological polar surface area (TPSA) is 49.3 Å². The Hall–Kier alpha value is -1.62. The SMILES string of the molecule is c1nc2ccc(NC3=NCCN3)cc2s1. The summed E-state index contributed by atoms with van der Waals surface area (Å²) in [6.45, 7) is 1.77. The number of benzene rings is 1. The van der Waals surface area contributed by atoms with Crippen LogP contribution >= 0.6 is 11.3 Å². The molecule has 4 nitrogen and oxygen atoms in total. The predicted octanol–water partition coefficient (Wildman–Crippen LogP) is 1.67. The van der Waals surface area contributed by atoms with Gasteiger partial charge in [-0.3, -0.25) is 4.99 Å². The monoisotopic (exact) mass is 218 g/mol. The number of hydrogen-bond acceptors (Lipinski definition) is 5. The van der Waals surface area contributed by atoms with E-state index in [0.29, 0.717) is 0 Å². The fraction of sp³-hybridized carbons (Fsp3) is 0.200. The minimum atomic E-state index is 0.852. The first-order chi connectivity index (χ1) is 7.42. The van der Waals surface area contributed by atoms with Crippen molar-refractivity contribution >= 4 is 33.2 Å². The van der Waals surface area contributed by atoms with Gasteiger partial charge in [0.2, 0.25) is 0 Å². The lowest BCUT2D eigenvalue weighted by atomic mass is 10.3. The van der Waals surface area contributed by atoms with Crippen molar-refractivity contribution in [2.45, 2.75) is 0 Å². The number of thiazole rings is 1. The maximum Gasteiger partial charge on any atom is 0.195 e. The second-order valence-corrected chi connectivity index (χ2v) is 4.20. The van der Waals surface area contributed by atoms with Crippen molar-refractivity contribution in [3.8, 4) is 0 Å². The lowest BCUT2D eigenvalue weighted by molar-refractivity contribution is 0.959. The first-order valence-electron chi connectivity index (χ1n) is 4.80. The van der Waals surface area contributed by atoms with E-state index in [1.54, 1.807) is 11.3 Å². The third-order valence-electron chi connectivity index (χ3n) is 2.27. The fourth-order valence-electron chi connectivity index (χ4n) is 1.55. The summed E-state index contributed by atoms with van der Waals surface area (Å²) in [5.74, 6) is 0.860. The van der Waals surface area contributed by atoms with Crippen LogP contribution in [-0.4, -0.2) is 24.0 Å². The molecule has 76 valence electrons. The highest BCUT2D eigenvalue weighted by Gasteiger charge is 2.05. The van der Waals surface area contributed by atoms with Crippen molar-refractivity contribution < 1.29 is 0 Å². The molecular formula is C10H10N4S. The van der Waals surface area contributed by atoms with Crippen LogP contribution in [0.5, 0.6) is 0 Å². The maximum absolute atomic E-state index is 4.28. The van der Waals surface area contributed by atoms with E-state index in [2.05, 4.69) is 26.7 Å². The molecule has 1 aromatic heterocycles. The Morgan fingerprint density at radius 2 is 2.40 bits per heavy atom. The van der Waals surface area contributed by atoms with Crippen molar-refractivity contribution in [1.82, 2.24) is 10.3 Å². The quantitative estimate of drug-likeness (QED) is 0.765. The molecule has 0 bridgehead atoms. The van der Waals surface area contributed by atoms with Crippen LogP contribution in [0.25, 0.3) is 10.2 Å². The normalized spacial score (nSPS) is 15.1. The molecule has 0 fully saturated rings. The standard InChI is InChI=1S/C10H10N4S/c1-2-8-9(15-6-13-8)5-7(1)14-10-11-3-4-12-10/h1-2,5-6H,3-4H2,(H2,11,12,14). The fourth-order valence-corrected chi connectivity index (χ4v) is 2.27. The van der Waals surface area contributed by atoms with Crippen LogP contribution in [-0.2, 0) is 0 Å². The van der Waals surface area contributed by atoms with Crippen LogP contribution in [0, 0.1) is 0 Å².